The minimum absolute atomic E-state index is 0.203. The number of aromatic amines is 1. The molecule has 0 fully saturated rings. The maximum absolute atomic E-state index is 13.1. The molecule has 0 amide bonds. The summed E-state index contributed by atoms with van der Waals surface area (Å²) in [4.78, 5) is 26.8. The molecule has 0 bridgehead atoms. The van der Waals surface area contributed by atoms with E-state index < -0.39 is 18.7 Å². The highest BCUT2D eigenvalue weighted by Crippen LogP contribution is 2.34. The highest BCUT2D eigenvalue weighted by Gasteiger charge is 2.37. The van der Waals surface area contributed by atoms with Crippen molar-refractivity contribution in [3.8, 4) is 17.0 Å². The maximum atomic E-state index is 13.1. The number of nitrogens with one attached hydrogen (secondary N) is 2. The molecule has 0 aliphatic carbocycles. The highest BCUT2D eigenvalue weighted by atomic mass is 79.9. The number of benzene rings is 2. The molecule has 1 atom stereocenters. The maximum Gasteiger partial charge on any atom is 0.341 e. The summed E-state index contributed by atoms with van der Waals surface area (Å²) < 4.78 is 7.82. The van der Waals surface area contributed by atoms with Crippen molar-refractivity contribution in [2.75, 3.05) is 17.7 Å². The van der Waals surface area contributed by atoms with Crippen LogP contribution < -0.4 is 20.3 Å². The molecule has 1 aliphatic rings. The summed E-state index contributed by atoms with van der Waals surface area (Å²) in [7, 11) is 0. The molecule has 3 aromatic rings. The van der Waals surface area contributed by atoms with E-state index >= 15 is 0 Å². The largest absolute Gasteiger partial charge is 0.482 e. The zero-order valence-corrected chi connectivity index (χ0v) is 19.7. The van der Waals surface area contributed by atoms with Gasteiger partial charge in [0.05, 0.1) is 11.3 Å². The van der Waals surface area contributed by atoms with Crippen LogP contribution in [0.25, 0.3) is 11.3 Å². The van der Waals surface area contributed by atoms with Crippen LogP contribution in [-0.2, 0) is 4.79 Å². The van der Waals surface area contributed by atoms with Gasteiger partial charge in [0.1, 0.15) is 5.75 Å². The standard InChI is InChI=1S/C22H21BrN4O4S/c1-2-3-10-32-22-25-21(30)19-16-11-14(23)6-9-17(16)24-20(27(19)26-22)13-4-7-15(8-5-13)31-12-18(28)29/h4-9,11,20H,2-3,10,12H2,1H3,(H2,25,26,28,29,30)/p+1/t20-/m0/s1. The Labute approximate surface area is 197 Å². The number of fused-ring (bicyclic) bond motifs is 3. The predicted octanol–water partition coefficient (Wildman–Crippen LogP) is 3.81. The van der Waals surface area contributed by atoms with Crippen LogP contribution in [0.5, 0.6) is 5.75 Å². The Morgan fingerprint density at radius 1 is 1.28 bits per heavy atom. The van der Waals surface area contributed by atoms with Crippen molar-refractivity contribution < 1.29 is 19.3 Å². The van der Waals surface area contributed by atoms with Crippen molar-refractivity contribution in [3.05, 3.63) is 62.9 Å². The second-order valence-electron chi connectivity index (χ2n) is 7.24. The Balaban J connectivity index is 1.75. The molecule has 166 valence electrons. The number of nitrogens with zero attached hydrogens (tertiary/aromatic N) is 2. The van der Waals surface area contributed by atoms with E-state index in [1.165, 1.54) is 11.8 Å². The molecule has 1 aromatic heterocycles. The second-order valence-corrected chi connectivity index (χ2v) is 9.24. The first-order valence-corrected chi connectivity index (χ1v) is 11.9. The quantitative estimate of drug-likeness (QED) is 0.237. The van der Waals surface area contributed by atoms with Gasteiger partial charge in [0.2, 0.25) is 5.16 Å². The van der Waals surface area contributed by atoms with Crippen LogP contribution in [0.15, 0.2) is 56.9 Å². The van der Waals surface area contributed by atoms with E-state index in [2.05, 4.69) is 33.2 Å². The fourth-order valence-corrected chi connectivity index (χ4v) is 4.70. The van der Waals surface area contributed by atoms with Gasteiger partial charge in [-0.15, -0.1) is 0 Å². The van der Waals surface area contributed by atoms with Crippen LogP contribution in [-0.4, -0.2) is 33.5 Å². The van der Waals surface area contributed by atoms with E-state index in [1.54, 1.807) is 16.8 Å². The molecule has 8 nitrogen and oxygen atoms in total. The van der Waals surface area contributed by atoms with Crippen LogP contribution in [0.3, 0.4) is 0 Å². The average molecular weight is 518 g/mol. The van der Waals surface area contributed by atoms with E-state index in [0.717, 1.165) is 39.9 Å². The van der Waals surface area contributed by atoms with Crippen molar-refractivity contribution in [1.82, 2.24) is 10.1 Å². The lowest BCUT2D eigenvalue weighted by Crippen LogP contribution is -2.55. The van der Waals surface area contributed by atoms with Crippen LogP contribution in [0.4, 0.5) is 5.69 Å². The number of aromatic nitrogens is 3. The third-order valence-corrected chi connectivity index (χ3v) is 6.37. The molecule has 32 heavy (non-hydrogen) atoms. The lowest BCUT2D eigenvalue weighted by atomic mass is 10.0. The Morgan fingerprint density at radius 2 is 2.06 bits per heavy atom. The summed E-state index contributed by atoms with van der Waals surface area (Å²) >= 11 is 5.01. The van der Waals surface area contributed by atoms with E-state index in [-0.39, 0.29) is 5.56 Å². The number of unbranched alkanes of at least 4 members (excludes halogenated alkanes) is 1. The molecule has 3 N–H and O–H groups in total. The first-order valence-electron chi connectivity index (χ1n) is 10.2. The summed E-state index contributed by atoms with van der Waals surface area (Å²) in [5.74, 6) is 0.289. The zero-order valence-electron chi connectivity index (χ0n) is 17.3. The molecule has 0 unspecified atom stereocenters. The van der Waals surface area contributed by atoms with E-state index in [1.807, 2.05) is 30.3 Å². The number of ether oxygens (including phenoxy) is 1. The number of rotatable bonds is 8. The van der Waals surface area contributed by atoms with Crippen LogP contribution in [0.1, 0.15) is 31.5 Å². The van der Waals surface area contributed by atoms with Gasteiger partial charge in [-0.05, 0) is 53.6 Å². The zero-order chi connectivity index (χ0) is 22.7. The van der Waals surface area contributed by atoms with Crippen molar-refractivity contribution in [3.63, 3.8) is 0 Å². The Morgan fingerprint density at radius 3 is 2.78 bits per heavy atom. The Bertz CT molecular complexity index is 1200. The van der Waals surface area contributed by atoms with Crippen LogP contribution in [0, 0.1) is 0 Å². The number of anilines is 1. The highest BCUT2D eigenvalue weighted by molar-refractivity contribution is 9.10. The number of hydrogen-bond acceptors (Lipinski definition) is 6. The summed E-state index contributed by atoms with van der Waals surface area (Å²) in [6.07, 6.45) is 1.68. The number of thioether (sulfide) groups is 1. The first-order chi connectivity index (χ1) is 15.5. The number of H-pyrrole nitrogens is 1. The van der Waals surface area contributed by atoms with Crippen molar-refractivity contribution >= 4 is 39.3 Å². The Hall–Kier alpha value is -2.85. The SMILES string of the molecule is CCCCSc1n[n+]2c(c(=O)[nH]1)-c1cc(Br)ccc1N[C@@H]2c1ccc(OCC(=O)O)cc1. The lowest BCUT2D eigenvalue weighted by molar-refractivity contribution is -0.759. The van der Waals surface area contributed by atoms with Gasteiger partial charge < -0.3 is 15.2 Å². The van der Waals surface area contributed by atoms with E-state index in [0.29, 0.717) is 16.6 Å². The molecule has 0 saturated heterocycles. The number of aliphatic carboxylic acids is 1. The average Bonchev–Trinajstić information content (AvgIpc) is 2.77. The molecular weight excluding hydrogens is 496 g/mol. The molecule has 0 saturated carbocycles. The van der Waals surface area contributed by atoms with E-state index in [4.69, 9.17) is 14.9 Å². The number of carboxylic acid groups (broad SMARTS) is 1. The minimum atomic E-state index is -1.04. The van der Waals surface area contributed by atoms with Gasteiger partial charge in [0, 0.05) is 20.9 Å². The topological polar surface area (TPSA) is 108 Å². The third-order valence-electron chi connectivity index (χ3n) is 4.93. The third kappa shape index (κ3) is 4.81. The fourth-order valence-electron chi connectivity index (χ4n) is 3.41. The number of halogens is 1. The molecular formula is C22H22BrN4O4S+. The van der Waals surface area contributed by atoms with Crippen molar-refractivity contribution in [2.45, 2.75) is 31.1 Å². The molecule has 2 aromatic carbocycles. The lowest BCUT2D eigenvalue weighted by Gasteiger charge is -2.22. The Kier molecular flexibility index (Phi) is 6.80. The van der Waals surface area contributed by atoms with Crippen molar-refractivity contribution in [1.29, 1.82) is 0 Å². The normalized spacial score (nSPS) is 14.2. The monoisotopic (exact) mass is 517 g/mol. The number of carboxylic acids is 1. The minimum Gasteiger partial charge on any atom is -0.482 e. The number of carbonyl (C=O) groups is 1. The summed E-state index contributed by atoms with van der Waals surface area (Å²) in [6.45, 7) is 1.72. The second kappa shape index (κ2) is 9.74. The molecule has 0 spiro atoms. The van der Waals surface area contributed by atoms with Crippen molar-refractivity contribution in [2.24, 2.45) is 0 Å². The van der Waals surface area contributed by atoms with E-state index in [9.17, 15) is 9.59 Å². The molecule has 0 radical (unpaired) electrons. The summed E-state index contributed by atoms with van der Waals surface area (Å²) in [6, 6.07) is 12.8. The molecule has 1 aliphatic heterocycles. The smallest absolute Gasteiger partial charge is 0.341 e. The summed E-state index contributed by atoms with van der Waals surface area (Å²) in [5, 5.41) is 17.6. The summed E-state index contributed by atoms with van der Waals surface area (Å²) in [5.41, 5.74) is 2.71. The van der Waals surface area contributed by atoms with Gasteiger partial charge >= 0.3 is 17.2 Å². The van der Waals surface area contributed by atoms with Crippen LogP contribution in [0.2, 0.25) is 0 Å². The first kappa shape index (κ1) is 22.3. The van der Waals surface area contributed by atoms with Gasteiger partial charge in [-0.2, -0.15) is 0 Å². The fraction of sp³-hybridized carbons (Fsp3) is 0.273. The number of hydrogen-bond donors (Lipinski definition) is 3. The van der Waals surface area contributed by atoms with Gasteiger partial charge in [0.15, 0.2) is 6.61 Å². The molecule has 4 rings (SSSR count). The van der Waals surface area contributed by atoms with Gasteiger partial charge in [-0.25, -0.2) is 4.79 Å². The van der Waals surface area contributed by atoms with Crippen LogP contribution >= 0.6 is 27.7 Å². The van der Waals surface area contributed by atoms with Gasteiger partial charge in [-0.1, -0.05) is 41.0 Å². The van der Waals surface area contributed by atoms with Gasteiger partial charge in [0.25, 0.3) is 6.17 Å². The molecule has 10 heteroatoms. The molecule has 2 heterocycles. The van der Waals surface area contributed by atoms with Gasteiger partial charge in [-0.3, -0.25) is 9.78 Å². The predicted molar refractivity (Wildman–Crippen MR) is 125 cm³/mol.